The molecule has 0 radical (unpaired) electrons. The van der Waals surface area contributed by atoms with Crippen LogP contribution in [-0.2, 0) is 9.59 Å². The van der Waals surface area contributed by atoms with Crippen LogP contribution in [0.1, 0.15) is 23.0 Å². The maximum Gasteiger partial charge on any atom is 0.238 e. The van der Waals surface area contributed by atoms with Gasteiger partial charge < -0.3 is 0 Å². The van der Waals surface area contributed by atoms with E-state index in [9.17, 15) is 9.59 Å². The van der Waals surface area contributed by atoms with Crippen molar-refractivity contribution in [1.82, 2.24) is 0 Å². The Bertz CT molecular complexity index is 1060. The third kappa shape index (κ3) is 2.98. The first-order valence-electron chi connectivity index (χ1n) is 10.1. The lowest BCUT2D eigenvalue weighted by Crippen LogP contribution is -2.31. The second-order valence-electron chi connectivity index (χ2n) is 7.77. The van der Waals surface area contributed by atoms with E-state index in [0.717, 1.165) is 11.1 Å². The zero-order valence-corrected chi connectivity index (χ0v) is 16.9. The quantitative estimate of drug-likeness (QED) is 0.415. The van der Waals surface area contributed by atoms with Crippen molar-refractivity contribution in [1.29, 1.82) is 0 Å². The SMILES string of the molecule is O=C1[C@H]2[C@H](C(=O)N1c1ccccc1Cl)[C@H](c1ccccc1)C=C[C@@H]2c1ccccc1. The Hall–Kier alpha value is -3.17. The smallest absolute Gasteiger partial charge is 0.238 e. The number of fused-ring (bicyclic) bond motifs is 1. The number of anilines is 1. The van der Waals surface area contributed by atoms with Crippen molar-refractivity contribution in [2.24, 2.45) is 11.8 Å². The second-order valence-corrected chi connectivity index (χ2v) is 8.18. The molecule has 4 heteroatoms. The van der Waals surface area contributed by atoms with Gasteiger partial charge in [0.15, 0.2) is 0 Å². The fourth-order valence-electron chi connectivity index (χ4n) is 4.80. The molecule has 148 valence electrons. The average Bonchev–Trinajstić information content (AvgIpc) is 3.06. The fraction of sp³-hybridized carbons (Fsp3) is 0.154. The fourth-order valence-corrected chi connectivity index (χ4v) is 5.02. The van der Waals surface area contributed by atoms with Gasteiger partial charge in [0.1, 0.15) is 0 Å². The summed E-state index contributed by atoms with van der Waals surface area (Å²) in [6.45, 7) is 0. The maximum atomic E-state index is 13.7. The minimum absolute atomic E-state index is 0.153. The average molecular weight is 414 g/mol. The number of para-hydroxylation sites is 1. The summed E-state index contributed by atoms with van der Waals surface area (Å²) in [5.41, 5.74) is 2.54. The zero-order valence-electron chi connectivity index (χ0n) is 16.2. The molecule has 3 nitrogen and oxygen atoms in total. The third-order valence-corrected chi connectivity index (χ3v) is 6.48. The van der Waals surface area contributed by atoms with Gasteiger partial charge in [0, 0.05) is 11.8 Å². The van der Waals surface area contributed by atoms with Crippen molar-refractivity contribution in [2.45, 2.75) is 11.8 Å². The van der Waals surface area contributed by atoms with Gasteiger partial charge >= 0.3 is 0 Å². The number of nitrogens with zero attached hydrogens (tertiary/aromatic N) is 1. The molecule has 1 fully saturated rings. The number of hydrogen-bond acceptors (Lipinski definition) is 2. The van der Waals surface area contributed by atoms with Gasteiger partial charge in [-0.25, -0.2) is 4.90 Å². The lowest BCUT2D eigenvalue weighted by molar-refractivity contribution is -0.122. The molecule has 3 aromatic rings. The van der Waals surface area contributed by atoms with Crippen LogP contribution in [0.25, 0.3) is 0 Å². The zero-order chi connectivity index (χ0) is 20.7. The van der Waals surface area contributed by atoms with Crippen molar-refractivity contribution in [3.63, 3.8) is 0 Å². The largest absolute Gasteiger partial charge is 0.274 e. The number of amides is 2. The van der Waals surface area contributed by atoms with Crippen molar-refractivity contribution in [3.8, 4) is 0 Å². The van der Waals surface area contributed by atoms with E-state index in [0.29, 0.717) is 10.7 Å². The highest BCUT2D eigenvalue weighted by Crippen LogP contribution is 2.50. The molecule has 2 aliphatic rings. The summed E-state index contributed by atoms with van der Waals surface area (Å²) in [7, 11) is 0. The van der Waals surface area contributed by atoms with Crippen molar-refractivity contribution < 1.29 is 9.59 Å². The number of hydrogen-bond donors (Lipinski definition) is 0. The molecule has 3 aromatic carbocycles. The van der Waals surface area contributed by atoms with Crippen molar-refractivity contribution in [3.05, 3.63) is 113 Å². The molecule has 0 saturated carbocycles. The number of benzene rings is 3. The molecule has 0 N–H and O–H groups in total. The number of imide groups is 1. The Kier molecular flexibility index (Phi) is 4.76. The van der Waals surface area contributed by atoms with Crippen molar-refractivity contribution in [2.75, 3.05) is 4.90 Å². The number of carbonyl (C=O) groups excluding carboxylic acids is 2. The van der Waals surface area contributed by atoms with Crippen LogP contribution in [0, 0.1) is 11.8 Å². The highest BCUT2D eigenvalue weighted by molar-refractivity contribution is 6.36. The van der Waals surface area contributed by atoms with Crippen LogP contribution in [0.15, 0.2) is 97.1 Å². The first kappa shape index (κ1) is 18.8. The summed E-state index contributed by atoms with van der Waals surface area (Å²) in [5.74, 6) is -1.60. The predicted molar refractivity (Wildman–Crippen MR) is 118 cm³/mol. The van der Waals surface area contributed by atoms with E-state index in [1.807, 2.05) is 60.7 Å². The van der Waals surface area contributed by atoms with Gasteiger partial charge in [0.25, 0.3) is 0 Å². The summed E-state index contributed by atoms with van der Waals surface area (Å²) in [5, 5.41) is 0.401. The molecule has 1 aliphatic heterocycles. The maximum absolute atomic E-state index is 13.7. The van der Waals surface area contributed by atoms with Crippen LogP contribution in [0.2, 0.25) is 5.02 Å². The molecule has 5 rings (SSSR count). The Morgan fingerprint density at radius 3 is 1.50 bits per heavy atom. The van der Waals surface area contributed by atoms with Crippen molar-refractivity contribution >= 4 is 29.1 Å². The summed E-state index contributed by atoms with van der Waals surface area (Å²) in [6, 6.07) is 26.9. The minimum atomic E-state index is -0.466. The van der Waals surface area contributed by atoms with Crippen LogP contribution < -0.4 is 4.90 Å². The molecule has 2 amide bonds. The predicted octanol–water partition coefficient (Wildman–Crippen LogP) is 5.58. The van der Waals surface area contributed by atoms with Gasteiger partial charge in [0.05, 0.1) is 22.5 Å². The topological polar surface area (TPSA) is 37.4 Å². The molecule has 30 heavy (non-hydrogen) atoms. The first-order valence-corrected chi connectivity index (χ1v) is 10.4. The van der Waals surface area contributed by atoms with E-state index < -0.39 is 11.8 Å². The van der Waals surface area contributed by atoms with Crippen LogP contribution >= 0.6 is 11.6 Å². The highest BCUT2D eigenvalue weighted by Gasteiger charge is 2.55. The molecule has 0 unspecified atom stereocenters. The molecule has 1 heterocycles. The minimum Gasteiger partial charge on any atom is -0.274 e. The van der Waals surface area contributed by atoms with Gasteiger partial charge in [0.2, 0.25) is 11.8 Å². The van der Waals surface area contributed by atoms with E-state index in [2.05, 4.69) is 12.2 Å². The lowest BCUT2D eigenvalue weighted by atomic mass is 9.68. The molecule has 0 bridgehead atoms. The lowest BCUT2D eigenvalue weighted by Gasteiger charge is -2.32. The molecule has 1 aliphatic carbocycles. The van der Waals surface area contributed by atoms with E-state index in [1.165, 1.54) is 4.90 Å². The summed E-state index contributed by atoms with van der Waals surface area (Å²) in [6.07, 6.45) is 4.19. The van der Waals surface area contributed by atoms with Gasteiger partial charge in [-0.2, -0.15) is 0 Å². The van der Waals surface area contributed by atoms with Crippen LogP contribution in [0.3, 0.4) is 0 Å². The number of rotatable bonds is 3. The molecule has 0 spiro atoms. The molecule has 0 aromatic heterocycles. The summed E-state index contributed by atoms with van der Waals surface area (Å²) in [4.78, 5) is 28.7. The van der Waals surface area contributed by atoms with Gasteiger partial charge in [-0.1, -0.05) is 96.5 Å². The van der Waals surface area contributed by atoms with Gasteiger partial charge in [-0.05, 0) is 23.3 Å². The van der Waals surface area contributed by atoms with Crippen LogP contribution in [-0.4, -0.2) is 11.8 Å². The van der Waals surface area contributed by atoms with Crippen LogP contribution in [0.5, 0.6) is 0 Å². The van der Waals surface area contributed by atoms with Crippen LogP contribution in [0.4, 0.5) is 5.69 Å². The summed E-state index contributed by atoms with van der Waals surface area (Å²) < 4.78 is 0. The van der Waals surface area contributed by atoms with E-state index >= 15 is 0 Å². The highest BCUT2D eigenvalue weighted by atomic mass is 35.5. The second kappa shape index (κ2) is 7.58. The Morgan fingerprint density at radius 2 is 1.03 bits per heavy atom. The Balaban J connectivity index is 1.65. The number of carbonyl (C=O) groups is 2. The molecular weight excluding hydrogens is 394 g/mol. The first-order chi connectivity index (χ1) is 14.7. The van der Waals surface area contributed by atoms with Gasteiger partial charge in [-0.15, -0.1) is 0 Å². The van der Waals surface area contributed by atoms with Gasteiger partial charge in [-0.3, -0.25) is 9.59 Å². The molecule has 4 atom stereocenters. The standard InChI is InChI=1S/C26H20ClNO2/c27-21-13-7-8-14-22(21)28-25(29)23-19(17-9-3-1-4-10-17)15-16-20(24(23)26(28)30)18-11-5-2-6-12-18/h1-16,19-20,23-24H/t19-,20+,23-,24-/m1/s1. The third-order valence-electron chi connectivity index (χ3n) is 6.16. The Morgan fingerprint density at radius 1 is 0.600 bits per heavy atom. The molecule has 1 saturated heterocycles. The van der Waals surface area contributed by atoms with E-state index in [1.54, 1.807) is 24.3 Å². The Labute approximate surface area is 180 Å². The number of allylic oxidation sites excluding steroid dienone is 2. The molecular formula is C26H20ClNO2. The van der Waals surface area contributed by atoms with E-state index in [-0.39, 0.29) is 23.7 Å². The summed E-state index contributed by atoms with van der Waals surface area (Å²) >= 11 is 6.38. The monoisotopic (exact) mass is 413 g/mol. The normalized spacial score (nSPS) is 25.4. The number of halogens is 1. The van der Waals surface area contributed by atoms with E-state index in [4.69, 9.17) is 11.6 Å².